The lowest BCUT2D eigenvalue weighted by Gasteiger charge is -2.08. The lowest BCUT2D eigenvalue weighted by atomic mass is 10.3. The minimum absolute atomic E-state index is 0.0588. The molecular weight excluding hydrogens is 210 g/mol. The van der Waals surface area contributed by atoms with Gasteiger partial charge in [-0.3, -0.25) is 0 Å². The number of nitrogen functional groups attached to an aromatic ring is 1. The lowest BCUT2D eigenvalue weighted by molar-refractivity contribution is -0.0382. The average Bonchev–Trinajstić information content (AvgIpc) is 2.62. The molecule has 1 aromatic rings. The summed E-state index contributed by atoms with van der Waals surface area (Å²) in [5.74, 6) is 0.911. The highest BCUT2D eigenvalue weighted by atomic mass is 32.2. The van der Waals surface area contributed by atoms with Crippen LogP contribution in [-0.4, -0.2) is 24.8 Å². The van der Waals surface area contributed by atoms with E-state index in [1.165, 1.54) is 4.90 Å². The number of hydrogen-bond acceptors (Lipinski definition) is 4. The molecule has 0 bridgehead atoms. The maximum absolute atomic E-state index is 5.70. The van der Waals surface area contributed by atoms with Crippen LogP contribution in [0.3, 0.4) is 0 Å². The molecule has 1 heterocycles. The van der Waals surface area contributed by atoms with Crippen molar-refractivity contribution in [3.8, 4) is 0 Å². The maximum atomic E-state index is 5.70. The second-order valence-electron chi connectivity index (χ2n) is 3.54. The number of rotatable bonds is 3. The predicted octanol–water partition coefficient (Wildman–Crippen LogP) is 2.12. The third-order valence-corrected chi connectivity index (χ3v) is 3.32. The first kappa shape index (κ1) is 10.8. The summed E-state index contributed by atoms with van der Waals surface area (Å²) >= 11 is 1.75. The third-order valence-electron chi connectivity index (χ3n) is 2.19. The van der Waals surface area contributed by atoms with Crippen LogP contribution in [0.4, 0.5) is 5.69 Å². The summed E-state index contributed by atoms with van der Waals surface area (Å²) < 4.78 is 10.9. The zero-order valence-electron chi connectivity index (χ0n) is 8.68. The molecule has 1 aromatic carbocycles. The SMILES string of the molecule is CC1OCC(CSc2cccc(N)c2)O1. The number of nitrogens with two attached hydrogens (primary N) is 1. The van der Waals surface area contributed by atoms with Gasteiger partial charge in [-0.15, -0.1) is 11.8 Å². The Morgan fingerprint density at radius 2 is 2.40 bits per heavy atom. The standard InChI is InChI=1S/C11H15NO2S/c1-8-13-6-10(14-8)7-15-11-4-2-3-9(12)5-11/h2-5,8,10H,6-7,12H2,1H3. The Kier molecular flexibility index (Phi) is 3.51. The molecule has 2 unspecified atom stereocenters. The topological polar surface area (TPSA) is 44.5 Å². The molecule has 2 rings (SSSR count). The highest BCUT2D eigenvalue weighted by Crippen LogP contribution is 2.23. The number of benzene rings is 1. The second kappa shape index (κ2) is 4.88. The summed E-state index contributed by atoms with van der Waals surface area (Å²) in [5.41, 5.74) is 6.50. The third kappa shape index (κ3) is 3.12. The minimum atomic E-state index is -0.0588. The molecule has 0 amide bonds. The van der Waals surface area contributed by atoms with E-state index in [9.17, 15) is 0 Å². The van der Waals surface area contributed by atoms with E-state index in [1.807, 2.05) is 25.1 Å². The van der Waals surface area contributed by atoms with Crippen LogP contribution in [-0.2, 0) is 9.47 Å². The first-order valence-electron chi connectivity index (χ1n) is 4.99. The Labute approximate surface area is 93.9 Å². The molecule has 1 fully saturated rings. The first-order valence-corrected chi connectivity index (χ1v) is 5.98. The van der Waals surface area contributed by atoms with Gasteiger partial charge >= 0.3 is 0 Å². The summed E-state index contributed by atoms with van der Waals surface area (Å²) in [6, 6.07) is 7.89. The fraction of sp³-hybridized carbons (Fsp3) is 0.455. The zero-order chi connectivity index (χ0) is 10.7. The molecule has 0 aromatic heterocycles. The summed E-state index contributed by atoms with van der Waals surface area (Å²) in [7, 11) is 0. The van der Waals surface area contributed by atoms with Crippen molar-refractivity contribution in [1.29, 1.82) is 0 Å². The molecule has 0 aliphatic carbocycles. The number of thioether (sulfide) groups is 1. The van der Waals surface area contributed by atoms with Crippen LogP contribution in [0.2, 0.25) is 0 Å². The van der Waals surface area contributed by atoms with Crippen molar-refractivity contribution >= 4 is 17.4 Å². The fourth-order valence-corrected chi connectivity index (χ4v) is 2.42. The van der Waals surface area contributed by atoms with E-state index < -0.39 is 0 Å². The Hall–Kier alpha value is -0.710. The quantitative estimate of drug-likeness (QED) is 0.632. The van der Waals surface area contributed by atoms with Crippen LogP contribution >= 0.6 is 11.8 Å². The van der Waals surface area contributed by atoms with Crippen LogP contribution < -0.4 is 5.73 Å². The van der Waals surface area contributed by atoms with E-state index in [4.69, 9.17) is 15.2 Å². The molecule has 0 saturated carbocycles. The summed E-state index contributed by atoms with van der Waals surface area (Å²) in [6.07, 6.45) is 0.142. The van der Waals surface area contributed by atoms with E-state index in [1.54, 1.807) is 11.8 Å². The molecule has 4 heteroatoms. The van der Waals surface area contributed by atoms with Crippen molar-refractivity contribution in [2.45, 2.75) is 24.2 Å². The van der Waals surface area contributed by atoms with Gasteiger partial charge in [0.15, 0.2) is 6.29 Å². The van der Waals surface area contributed by atoms with Crippen LogP contribution in [0.25, 0.3) is 0 Å². The Balaban J connectivity index is 1.83. The van der Waals surface area contributed by atoms with Crippen molar-refractivity contribution in [3.63, 3.8) is 0 Å². The van der Waals surface area contributed by atoms with E-state index in [0.29, 0.717) is 6.61 Å². The summed E-state index contributed by atoms with van der Waals surface area (Å²) in [5, 5.41) is 0. The van der Waals surface area contributed by atoms with Gasteiger partial charge in [-0.2, -0.15) is 0 Å². The predicted molar refractivity (Wildman–Crippen MR) is 61.9 cm³/mol. The first-order chi connectivity index (χ1) is 7.24. The smallest absolute Gasteiger partial charge is 0.155 e. The highest BCUT2D eigenvalue weighted by Gasteiger charge is 2.22. The molecule has 0 spiro atoms. The van der Waals surface area contributed by atoms with Crippen LogP contribution in [0.5, 0.6) is 0 Å². The van der Waals surface area contributed by atoms with Crippen molar-refractivity contribution in [1.82, 2.24) is 0 Å². The van der Waals surface area contributed by atoms with Crippen molar-refractivity contribution in [2.75, 3.05) is 18.1 Å². The zero-order valence-corrected chi connectivity index (χ0v) is 9.50. The van der Waals surface area contributed by atoms with Crippen molar-refractivity contribution < 1.29 is 9.47 Å². The highest BCUT2D eigenvalue weighted by molar-refractivity contribution is 7.99. The van der Waals surface area contributed by atoms with Gasteiger partial charge in [-0.1, -0.05) is 6.07 Å². The van der Waals surface area contributed by atoms with Gasteiger partial charge in [0.05, 0.1) is 12.7 Å². The van der Waals surface area contributed by atoms with Gasteiger partial charge in [0.1, 0.15) is 0 Å². The molecule has 1 saturated heterocycles. The number of ether oxygens (including phenoxy) is 2. The van der Waals surface area contributed by atoms with Crippen molar-refractivity contribution in [2.24, 2.45) is 0 Å². The molecule has 0 radical (unpaired) electrons. The fourth-order valence-electron chi connectivity index (χ4n) is 1.47. The van der Waals surface area contributed by atoms with Crippen LogP contribution in [0, 0.1) is 0 Å². The molecule has 3 nitrogen and oxygen atoms in total. The van der Waals surface area contributed by atoms with E-state index in [0.717, 1.165) is 11.4 Å². The van der Waals surface area contributed by atoms with Gasteiger partial charge < -0.3 is 15.2 Å². The van der Waals surface area contributed by atoms with Crippen LogP contribution in [0.1, 0.15) is 6.92 Å². The average molecular weight is 225 g/mol. The summed E-state index contributed by atoms with van der Waals surface area (Å²) in [4.78, 5) is 1.18. The molecule has 1 aliphatic rings. The number of anilines is 1. The second-order valence-corrected chi connectivity index (χ2v) is 4.64. The maximum Gasteiger partial charge on any atom is 0.155 e. The normalized spacial score (nSPS) is 25.7. The van der Waals surface area contributed by atoms with Crippen molar-refractivity contribution in [3.05, 3.63) is 24.3 Å². The van der Waals surface area contributed by atoms with Gasteiger partial charge in [-0.05, 0) is 25.1 Å². The molecule has 15 heavy (non-hydrogen) atoms. The lowest BCUT2D eigenvalue weighted by Crippen LogP contribution is -2.13. The molecule has 2 atom stereocenters. The van der Waals surface area contributed by atoms with E-state index >= 15 is 0 Å². The molecule has 2 N–H and O–H groups in total. The molecular formula is C11H15NO2S. The van der Waals surface area contributed by atoms with Gasteiger partial charge in [-0.25, -0.2) is 0 Å². The Morgan fingerprint density at radius 3 is 3.07 bits per heavy atom. The van der Waals surface area contributed by atoms with E-state index in [-0.39, 0.29) is 12.4 Å². The summed E-state index contributed by atoms with van der Waals surface area (Å²) in [6.45, 7) is 2.61. The van der Waals surface area contributed by atoms with E-state index in [2.05, 4.69) is 6.07 Å². The minimum Gasteiger partial charge on any atom is -0.399 e. The van der Waals surface area contributed by atoms with Gasteiger partial charge in [0.25, 0.3) is 0 Å². The Morgan fingerprint density at radius 1 is 1.53 bits per heavy atom. The van der Waals surface area contributed by atoms with Gasteiger partial charge in [0.2, 0.25) is 0 Å². The monoisotopic (exact) mass is 225 g/mol. The largest absolute Gasteiger partial charge is 0.399 e. The van der Waals surface area contributed by atoms with Gasteiger partial charge in [0, 0.05) is 16.3 Å². The molecule has 82 valence electrons. The number of hydrogen-bond donors (Lipinski definition) is 1. The molecule has 1 aliphatic heterocycles. The van der Waals surface area contributed by atoms with Crippen LogP contribution in [0.15, 0.2) is 29.2 Å². The Bertz CT molecular complexity index is 332.